The zero-order valence-corrected chi connectivity index (χ0v) is 16.3. The van der Waals surface area contributed by atoms with Gasteiger partial charge in [-0.25, -0.2) is 0 Å². The topological polar surface area (TPSA) is 109 Å². The number of hydrogen-bond donors (Lipinski definition) is 2. The SMILES string of the molecule is O=S(=O)(O)CCCCCCCCCCCCCCCCS(=O)(=O)O.[KH]. The van der Waals surface area contributed by atoms with Gasteiger partial charge in [0.05, 0.1) is 11.5 Å². The van der Waals surface area contributed by atoms with Gasteiger partial charge in [0.1, 0.15) is 0 Å². The maximum atomic E-state index is 10.5. The first-order valence-corrected chi connectivity index (χ1v) is 12.3. The Labute approximate surface area is 196 Å². The fourth-order valence-corrected chi connectivity index (χ4v) is 3.83. The van der Waals surface area contributed by atoms with E-state index in [1.165, 1.54) is 38.5 Å². The predicted molar refractivity (Wildman–Crippen MR) is 105 cm³/mol. The molecule has 0 radical (unpaired) electrons. The van der Waals surface area contributed by atoms with Gasteiger partial charge in [0.15, 0.2) is 0 Å². The van der Waals surface area contributed by atoms with Gasteiger partial charge in [-0.2, -0.15) is 16.8 Å². The second kappa shape index (κ2) is 17.5. The molecule has 0 unspecified atom stereocenters. The summed E-state index contributed by atoms with van der Waals surface area (Å²) in [4.78, 5) is 0. The van der Waals surface area contributed by atoms with Gasteiger partial charge < -0.3 is 0 Å². The molecule has 0 aliphatic carbocycles. The Kier molecular flexibility index (Phi) is 20.1. The van der Waals surface area contributed by atoms with Crippen LogP contribution in [-0.4, -0.2) is 88.8 Å². The van der Waals surface area contributed by atoms with Crippen LogP contribution in [0.25, 0.3) is 0 Å². The third kappa shape index (κ3) is 27.8. The first kappa shape index (κ1) is 28.7. The van der Waals surface area contributed by atoms with Crippen LogP contribution in [0, 0.1) is 0 Å². The summed E-state index contributed by atoms with van der Waals surface area (Å²) in [5, 5.41) is 0. The number of hydrogen-bond acceptors (Lipinski definition) is 4. The summed E-state index contributed by atoms with van der Waals surface area (Å²) in [6.45, 7) is 0. The third-order valence-electron chi connectivity index (χ3n) is 4.05. The minimum absolute atomic E-state index is 0. The Morgan fingerprint density at radius 2 is 0.560 bits per heavy atom. The van der Waals surface area contributed by atoms with Crippen molar-refractivity contribution in [1.29, 1.82) is 0 Å². The van der Waals surface area contributed by atoms with Gasteiger partial charge in [0, 0.05) is 0 Å². The van der Waals surface area contributed by atoms with Gasteiger partial charge in [-0.15, -0.1) is 0 Å². The molecule has 0 fully saturated rings. The van der Waals surface area contributed by atoms with E-state index < -0.39 is 20.2 Å². The number of rotatable bonds is 17. The Hall–Kier alpha value is 1.46. The zero-order chi connectivity index (χ0) is 18.3. The van der Waals surface area contributed by atoms with E-state index in [1.807, 2.05) is 0 Å². The molecule has 148 valence electrons. The first-order chi connectivity index (χ1) is 11.2. The van der Waals surface area contributed by atoms with Gasteiger partial charge in [-0.3, -0.25) is 9.11 Å². The molecule has 0 rings (SSSR count). The van der Waals surface area contributed by atoms with E-state index in [0.29, 0.717) is 12.8 Å². The Morgan fingerprint density at radius 3 is 0.720 bits per heavy atom. The van der Waals surface area contributed by atoms with E-state index in [-0.39, 0.29) is 62.9 Å². The first-order valence-electron chi connectivity index (χ1n) is 9.11. The van der Waals surface area contributed by atoms with Crippen LogP contribution in [0.3, 0.4) is 0 Å². The van der Waals surface area contributed by atoms with E-state index in [9.17, 15) is 16.8 Å². The fraction of sp³-hybridized carbons (Fsp3) is 1.00. The molecule has 0 aliphatic heterocycles. The second-order valence-electron chi connectivity index (χ2n) is 6.52. The minimum atomic E-state index is -3.79. The quantitative estimate of drug-likeness (QED) is 0.209. The molecule has 0 aliphatic rings. The standard InChI is InChI=1S/C16H34O6S2.K.H/c17-23(18,19)15-13-11-9-7-5-3-1-2-4-6-8-10-12-14-16-24(20,21)22;;/h1-16H2,(H,17,18,19)(H,20,21,22);;. The van der Waals surface area contributed by atoms with Crippen molar-refractivity contribution in [1.82, 2.24) is 0 Å². The normalized spacial score (nSPS) is 12.1. The molecule has 0 aromatic rings. The summed E-state index contributed by atoms with van der Waals surface area (Å²) in [6, 6.07) is 0. The molecule has 9 heteroatoms. The van der Waals surface area contributed by atoms with Gasteiger partial charge >= 0.3 is 51.4 Å². The van der Waals surface area contributed by atoms with Crippen molar-refractivity contribution in [2.24, 2.45) is 0 Å². The van der Waals surface area contributed by atoms with Gasteiger partial charge in [0.2, 0.25) is 0 Å². The molecule has 6 nitrogen and oxygen atoms in total. The van der Waals surface area contributed by atoms with Crippen LogP contribution in [-0.2, 0) is 20.2 Å². The summed E-state index contributed by atoms with van der Waals surface area (Å²) in [7, 11) is -7.57. The van der Waals surface area contributed by atoms with Crippen LogP contribution < -0.4 is 0 Å². The van der Waals surface area contributed by atoms with Crippen LogP contribution in [0.4, 0.5) is 0 Å². The van der Waals surface area contributed by atoms with Crippen molar-refractivity contribution in [3.05, 3.63) is 0 Å². The maximum absolute atomic E-state index is 10.5. The molecule has 0 amide bonds. The molecule has 0 aromatic heterocycles. The predicted octanol–water partition coefficient (Wildman–Crippen LogP) is 3.57. The van der Waals surface area contributed by atoms with Crippen LogP contribution in [0.5, 0.6) is 0 Å². The summed E-state index contributed by atoms with van der Waals surface area (Å²) in [6.07, 6.45) is 14.4. The molecule has 0 atom stereocenters. The van der Waals surface area contributed by atoms with Gasteiger partial charge in [-0.1, -0.05) is 77.0 Å². The summed E-state index contributed by atoms with van der Waals surface area (Å²) in [5.74, 6) is -0.244. The van der Waals surface area contributed by atoms with Gasteiger partial charge in [0.25, 0.3) is 20.2 Å². The summed E-state index contributed by atoms with van der Waals surface area (Å²) >= 11 is 0. The van der Waals surface area contributed by atoms with Crippen LogP contribution in [0.1, 0.15) is 89.9 Å². The number of unbranched alkanes of at least 4 members (excludes halogenated alkanes) is 13. The monoisotopic (exact) mass is 426 g/mol. The van der Waals surface area contributed by atoms with Gasteiger partial charge in [-0.05, 0) is 12.8 Å². The summed E-state index contributed by atoms with van der Waals surface area (Å²) in [5.41, 5.74) is 0. The van der Waals surface area contributed by atoms with E-state index in [1.54, 1.807) is 0 Å². The van der Waals surface area contributed by atoms with Crippen LogP contribution >= 0.6 is 0 Å². The molecule has 0 spiro atoms. The van der Waals surface area contributed by atoms with Crippen molar-refractivity contribution >= 4 is 71.6 Å². The molecule has 2 N–H and O–H groups in total. The molecule has 0 aromatic carbocycles. The Morgan fingerprint density at radius 1 is 0.400 bits per heavy atom. The molecule has 0 heterocycles. The van der Waals surface area contributed by atoms with E-state index in [0.717, 1.165) is 38.5 Å². The van der Waals surface area contributed by atoms with Crippen molar-refractivity contribution in [2.45, 2.75) is 89.9 Å². The van der Waals surface area contributed by atoms with E-state index >= 15 is 0 Å². The van der Waals surface area contributed by atoms with E-state index in [2.05, 4.69) is 0 Å². The van der Waals surface area contributed by atoms with Crippen LogP contribution in [0.2, 0.25) is 0 Å². The van der Waals surface area contributed by atoms with Crippen molar-refractivity contribution in [3.63, 3.8) is 0 Å². The third-order valence-corrected chi connectivity index (χ3v) is 5.66. The zero-order valence-electron chi connectivity index (χ0n) is 14.7. The van der Waals surface area contributed by atoms with Crippen LogP contribution in [0.15, 0.2) is 0 Å². The average molecular weight is 427 g/mol. The molecule has 0 bridgehead atoms. The molecule has 0 saturated carbocycles. The fourth-order valence-electron chi connectivity index (χ4n) is 2.69. The molecular formula is C16H35KO6S2. The van der Waals surface area contributed by atoms with Crippen molar-refractivity contribution in [3.8, 4) is 0 Å². The Balaban J connectivity index is 0. The van der Waals surface area contributed by atoms with Crippen molar-refractivity contribution in [2.75, 3.05) is 11.5 Å². The molecule has 25 heavy (non-hydrogen) atoms. The van der Waals surface area contributed by atoms with E-state index in [4.69, 9.17) is 9.11 Å². The average Bonchev–Trinajstić information content (AvgIpc) is 2.44. The Bertz CT molecular complexity index is 445. The van der Waals surface area contributed by atoms with Crippen molar-refractivity contribution < 1.29 is 25.9 Å². The second-order valence-corrected chi connectivity index (χ2v) is 9.67. The molecular weight excluding hydrogens is 391 g/mol. The molecule has 0 saturated heterocycles. The summed E-state index contributed by atoms with van der Waals surface area (Å²) < 4.78 is 59.3.